The maximum atomic E-state index is 13.4. The second kappa shape index (κ2) is 4.19. The Hall–Kier alpha value is -1.46. The summed E-state index contributed by atoms with van der Waals surface area (Å²) in [5.74, 6) is -1.10. The fraction of sp³-hybridized carbons (Fsp3) is 0.182. The van der Waals surface area contributed by atoms with Crippen molar-refractivity contribution in [3.8, 4) is 0 Å². The highest BCUT2D eigenvalue weighted by Crippen LogP contribution is 2.31. The van der Waals surface area contributed by atoms with E-state index in [1.165, 1.54) is 13.2 Å². The topological polar surface area (TPSA) is 46.5 Å². The van der Waals surface area contributed by atoms with Gasteiger partial charge in [-0.05, 0) is 17.5 Å². The second-order valence-corrected chi connectivity index (χ2v) is 4.32. The molecule has 1 aromatic heterocycles. The normalized spacial score (nSPS) is 12.7. The molecule has 0 fully saturated rings. The van der Waals surface area contributed by atoms with Crippen LogP contribution in [0.3, 0.4) is 0 Å². The average Bonchev–Trinajstić information content (AvgIpc) is 2.72. The van der Waals surface area contributed by atoms with Crippen molar-refractivity contribution >= 4 is 27.4 Å². The number of aliphatic hydroxyl groups is 1. The van der Waals surface area contributed by atoms with E-state index in [4.69, 9.17) is 0 Å². The molecule has 0 aliphatic carbocycles. The number of carbonyl (C=O) groups excluding carboxylic acids is 1. The molecule has 2 rings (SSSR count). The van der Waals surface area contributed by atoms with Crippen LogP contribution in [0.5, 0.6) is 0 Å². The molecule has 1 unspecified atom stereocenters. The number of aliphatic hydroxyl groups excluding tert-OH is 1. The first kappa shape index (κ1) is 11.0. The van der Waals surface area contributed by atoms with Crippen molar-refractivity contribution in [2.75, 3.05) is 7.11 Å². The van der Waals surface area contributed by atoms with Crippen molar-refractivity contribution in [1.82, 2.24) is 0 Å². The van der Waals surface area contributed by atoms with Crippen molar-refractivity contribution in [2.24, 2.45) is 0 Å². The molecule has 0 aliphatic heterocycles. The summed E-state index contributed by atoms with van der Waals surface area (Å²) in [6.07, 6.45) is -1.35. The minimum atomic E-state index is -1.35. The molecule has 1 atom stereocenters. The standard InChI is InChI=1S/C11H9FO3S/c1-15-11(14)9(13)8-5-6-3-2-4-7(12)10(6)16-8/h2-5,9,13H,1H3. The predicted molar refractivity (Wildman–Crippen MR) is 58.8 cm³/mol. The quantitative estimate of drug-likeness (QED) is 0.819. The van der Waals surface area contributed by atoms with E-state index in [0.29, 0.717) is 15.0 Å². The van der Waals surface area contributed by atoms with E-state index in [9.17, 15) is 14.3 Å². The van der Waals surface area contributed by atoms with Gasteiger partial charge in [-0.3, -0.25) is 0 Å². The summed E-state index contributed by atoms with van der Waals surface area (Å²) in [6.45, 7) is 0. The highest BCUT2D eigenvalue weighted by molar-refractivity contribution is 7.19. The van der Waals surface area contributed by atoms with Gasteiger partial charge in [-0.2, -0.15) is 0 Å². The lowest BCUT2D eigenvalue weighted by atomic mass is 10.2. The van der Waals surface area contributed by atoms with Gasteiger partial charge in [0.1, 0.15) is 5.82 Å². The average molecular weight is 240 g/mol. The lowest BCUT2D eigenvalue weighted by Gasteiger charge is -2.04. The number of carbonyl (C=O) groups is 1. The summed E-state index contributed by atoms with van der Waals surface area (Å²) >= 11 is 1.05. The van der Waals surface area contributed by atoms with Gasteiger partial charge in [0.05, 0.1) is 11.8 Å². The van der Waals surface area contributed by atoms with Crippen LogP contribution in [0.25, 0.3) is 10.1 Å². The van der Waals surface area contributed by atoms with Crippen molar-refractivity contribution in [3.05, 3.63) is 35.0 Å². The molecule has 0 saturated heterocycles. The fourth-order valence-corrected chi connectivity index (χ4v) is 2.45. The van der Waals surface area contributed by atoms with Gasteiger partial charge in [0.15, 0.2) is 6.10 Å². The number of hydrogen-bond donors (Lipinski definition) is 1. The second-order valence-electron chi connectivity index (χ2n) is 3.23. The van der Waals surface area contributed by atoms with Crippen LogP contribution in [0, 0.1) is 5.82 Å². The van der Waals surface area contributed by atoms with Crippen LogP contribution in [-0.4, -0.2) is 18.2 Å². The van der Waals surface area contributed by atoms with Crippen LogP contribution < -0.4 is 0 Å². The maximum Gasteiger partial charge on any atom is 0.340 e. The first-order valence-electron chi connectivity index (χ1n) is 4.57. The summed E-state index contributed by atoms with van der Waals surface area (Å²) in [6, 6.07) is 6.24. The largest absolute Gasteiger partial charge is 0.467 e. The lowest BCUT2D eigenvalue weighted by Crippen LogP contribution is -2.11. The van der Waals surface area contributed by atoms with E-state index < -0.39 is 12.1 Å². The molecular weight excluding hydrogens is 231 g/mol. The number of methoxy groups -OCH3 is 1. The Bertz CT molecular complexity index is 535. The van der Waals surface area contributed by atoms with E-state index in [0.717, 1.165) is 11.3 Å². The third-order valence-corrected chi connectivity index (χ3v) is 3.42. The van der Waals surface area contributed by atoms with Gasteiger partial charge >= 0.3 is 5.97 Å². The molecule has 84 valence electrons. The smallest absolute Gasteiger partial charge is 0.340 e. The van der Waals surface area contributed by atoms with Crippen LogP contribution in [0.2, 0.25) is 0 Å². The Labute approximate surface area is 95.1 Å². The lowest BCUT2D eigenvalue weighted by molar-refractivity contribution is -0.150. The minimum absolute atomic E-state index is 0.356. The van der Waals surface area contributed by atoms with Crippen LogP contribution >= 0.6 is 11.3 Å². The van der Waals surface area contributed by atoms with Crippen LogP contribution in [-0.2, 0) is 9.53 Å². The number of ether oxygens (including phenoxy) is 1. The molecule has 5 heteroatoms. The molecule has 0 amide bonds. The molecule has 1 aromatic carbocycles. The van der Waals surface area contributed by atoms with E-state index >= 15 is 0 Å². The molecule has 0 bridgehead atoms. The van der Waals surface area contributed by atoms with Crippen molar-refractivity contribution in [1.29, 1.82) is 0 Å². The summed E-state index contributed by atoms with van der Waals surface area (Å²) in [5, 5.41) is 10.3. The Balaban J connectivity index is 2.47. The summed E-state index contributed by atoms with van der Waals surface area (Å²) in [7, 11) is 1.19. The highest BCUT2D eigenvalue weighted by Gasteiger charge is 2.20. The first-order valence-corrected chi connectivity index (χ1v) is 5.39. The van der Waals surface area contributed by atoms with Gasteiger partial charge in [0.25, 0.3) is 0 Å². The molecule has 1 heterocycles. The first-order chi connectivity index (χ1) is 7.63. The molecule has 1 N–H and O–H groups in total. The van der Waals surface area contributed by atoms with Gasteiger partial charge < -0.3 is 9.84 Å². The molecule has 0 aliphatic rings. The number of esters is 1. The number of rotatable bonds is 2. The molecule has 2 aromatic rings. The third-order valence-electron chi connectivity index (χ3n) is 2.21. The number of benzene rings is 1. The Morgan fingerprint density at radius 1 is 1.56 bits per heavy atom. The number of hydrogen-bond acceptors (Lipinski definition) is 4. The van der Waals surface area contributed by atoms with E-state index in [2.05, 4.69) is 4.74 Å². The SMILES string of the molecule is COC(=O)C(O)c1cc2cccc(F)c2s1. The van der Waals surface area contributed by atoms with Gasteiger partial charge in [-0.25, -0.2) is 9.18 Å². The van der Waals surface area contributed by atoms with E-state index in [1.54, 1.807) is 18.2 Å². The number of thiophene rings is 1. The third kappa shape index (κ3) is 1.79. The van der Waals surface area contributed by atoms with Gasteiger partial charge in [-0.1, -0.05) is 12.1 Å². The molecule has 3 nitrogen and oxygen atoms in total. The Morgan fingerprint density at radius 2 is 2.31 bits per heavy atom. The van der Waals surface area contributed by atoms with Gasteiger partial charge in [0, 0.05) is 4.88 Å². The Kier molecular flexibility index (Phi) is 2.89. The van der Waals surface area contributed by atoms with Crippen LogP contribution in [0.1, 0.15) is 11.0 Å². The zero-order valence-electron chi connectivity index (χ0n) is 8.44. The van der Waals surface area contributed by atoms with E-state index in [-0.39, 0.29) is 5.82 Å². The zero-order valence-corrected chi connectivity index (χ0v) is 9.25. The van der Waals surface area contributed by atoms with Crippen LogP contribution in [0.4, 0.5) is 4.39 Å². The summed E-state index contributed by atoms with van der Waals surface area (Å²) in [4.78, 5) is 11.5. The highest BCUT2D eigenvalue weighted by atomic mass is 32.1. The van der Waals surface area contributed by atoms with Gasteiger partial charge in [-0.15, -0.1) is 11.3 Å². The van der Waals surface area contributed by atoms with Crippen molar-refractivity contribution in [3.63, 3.8) is 0 Å². The minimum Gasteiger partial charge on any atom is -0.467 e. The summed E-state index contributed by atoms with van der Waals surface area (Å²) < 4.78 is 18.2. The zero-order chi connectivity index (χ0) is 11.7. The molecule has 0 saturated carbocycles. The molecule has 0 radical (unpaired) electrons. The van der Waals surface area contributed by atoms with Gasteiger partial charge in [0.2, 0.25) is 0 Å². The monoisotopic (exact) mass is 240 g/mol. The van der Waals surface area contributed by atoms with E-state index in [1.807, 2.05) is 0 Å². The Morgan fingerprint density at radius 3 is 2.94 bits per heavy atom. The maximum absolute atomic E-state index is 13.4. The number of fused-ring (bicyclic) bond motifs is 1. The molecular formula is C11H9FO3S. The summed E-state index contributed by atoms with van der Waals surface area (Å²) in [5.41, 5.74) is 0. The van der Waals surface area contributed by atoms with Crippen molar-refractivity contribution in [2.45, 2.75) is 6.10 Å². The fourth-order valence-electron chi connectivity index (χ4n) is 1.41. The van der Waals surface area contributed by atoms with Crippen molar-refractivity contribution < 1.29 is 19.0 Å². The van der Waals surface area contributed by atoms with Crippen LogP contribution in [0.15, 0.2) is 24.3 Å². The number of halogens is 1. The molecule has 16 heavy (non-hydrogen) atoms. The predicted octanol–water partition coefficient (Wildman–Crippen LogP) is 2.25. The molecule has 0 spiro atoms.